The molecule has 0 fully saturated rings. The van der Waals surface area contributed by atoms with Crippen LogP contribution in [0.2, 0.25) is 0 Å². The average molecular weight is 126 g/mol. The number of allylic oxidation sites excluding steroid dienone is 1. The van der Waals surface area contributed by atoms with Crippen LogP contribution in [0.25, 0.3) is 0 Å². The van der Waals surface area contributed by atoms with Gasteiger partial charge in [-0.25, -0.2) is 0 Å². The van der Waals surface area contributed by atoms with E-state index in [9.17, 15) is 0 Å². The molecule has 0 unspecified atom stereocenters. The smallest absolute Gasteiger partial charge is 0.0723 e. The molecule has 0 aromatic carbocycles. The Hall–Kier alpha value is -0.300. The second-order valence-corrected chi connectivity index (χ2v) is 3.02. The normalized spacial score (nSPS) is 43.2. The summed E-state index contributed by atoms with van der Waals surface area (Å²) >= 11 is 0. The fourth-order valence-electron chi connectivity index (χ4n) is 1.17. The van der Waals surface area contributed by atoms with E-state index < -0.39 is 0 Å². The lowest BCUT2D eigenvalue weighted by Crippen LogP contribution is -2.18. The lowest BCUT2D eigenvalue weighted by Gasteiger charge is -2.23. The predicted octanol–water partition coefficient (Wildman–Crippen LogP) is 1.58. The van der Waals surface area contributed by atoms with E-state index in [1.165, 1.54) is 0 Å². The van der Waals surface area contributed by atoms with Gasteiger partial charge in [0.2, 0.25) is 0 Å². The first-order valence-corrected chi connectivity index (χ1v) is 3.56. The van der Waals surface area contributed by atoms with E-state index in [0.29, 0.717) is 11.8 Å². The molecule has 0 amide bonds. The van der Waals surface area contributed by atoms with Gasteiger partial charge < -0.3 is 5.11 Å². The number of aliphatic hydroxyl groups excluding tert-OH is 1. The molecule has 1 aliphatic carbocycles. The van der Waals surface area contributed by atoms with Crippen molar-refractivity contribution in [1.29, 1.82) is 0 Å². The van der Waals surface area contributed by atoms with Crippen molar-refractivity contribution >= 4 is 0 Å². The van der Waals surface area contributed by atoms with Crippen LogP contribution in [-0.2, 0) is 0 Å². The molecule has 0 aliphatic heterocycles. The quantitative estimate of drug-likeness (QED) is 0.488. The van der Waals surface area contributed by atoms with E-state index in [1.54, 1.807) is 0 Å². The molecule has 0 aromatic rings. The first-order chi connectivity index (χ1) is 4.20. The van der Waals surface area contributed by atoms with Crippen LogP contribution in [0.3, 0.4) is 0 Å². The van der Waals surface area contributed by atoms with Gasteiger partial charge in [0.25, 0.3) is 0 Å². The van der Waals surface area contributed by atoms with Gasteiger partial charge in [-0.15, -0.1) is 0 Å². The Morgan fingerprint density at radius 1 is 1.33 bits per heavy atom. The first-order valence-electron chi connectivity index (χ1n) is 3.56. The summed E-state index contributed by atoms with van der Waals surface area (Å²) in [6, 6.07) is 0. The van der Waals surface area contributed by atoms with Crippen molar-refractivity contribution in [2.24, 2.45) is 11.8 Å². The zero-order valence-corrected chi connectivity index (χ0v) is 6.04. The van der Waals surface area contributed by atoms with Gasteiger partial charge in [0.05, 0.1) is 6.10 Å². The van der Waals surface area contributed by atoms with Crippen molar-refractivity contribution < 1.29 is 5.11 Å². The minimum absolute atomic E-state index is 0.184. The van der Waals surface area contributed by atoms with Gasteiger partial charge in [-0.3, -0.25) is 0 Å². The van der Waals surface area contributed by atoms with Crippen LogP contribution >= 0.6 is 0 Å². The fourth-order valence-corrected chi connectivity index (χ4v) is 1.17. The van der Waals surface area contributed by atoms with Crippen molar-refractivity contribution in [3.63, 3.8) is 0 Å². The zero-order chi connectivity index (χ0) is 6.85. The third-order valence-corrected chi connectivity index (χ3v) is 2.15. The van der Waals surface area contributed by atoms with Crippen LogP contribution in [0.4, 0.5) is 0 Å². The maximum Gasteiger partial charge on any atom is 0.0723 e. The molecule has 0 radical (unpaired) electrons. The molecule has 0 saturated carbocycles. The summed E-state index contributed by atoms with van der Waals surface area (Å²) in [7, 11) is 0. The Balaban J connectivity index is 2.54. The van der Waals surface area contributed by atoms with Gasteiger partial charge in [0.15, 0.2) is 0 Å². The molecule has 1 rings (SSSR count). The highest BCUT2D eigenvalue weighted by Crippen LogP contribution is 2.23. The lowest BCUT2D eigenvalue weighted by atomic mass is 9.86. The molecule has 3 atom stereocenters. The van der Waals surface area contributed by atoms with E-state index in [2.05, 4.69) is 19.9 Å². The summed E-state index contributed by atoms with van der Waals surface area (Å²) in [5, 5.41) is 9.11. The third kappa shape index (κ3) is 1.55. The monoisotopic (exact) mass is 126 g/mol. The lowest BCUT2D eigenvalue weighted by molar-refractivity contribution is 0.169. The molecule has 1 aliphatic rings. The van der Waals surface area contributed by atoms with Crippen molar-refractivity contribution in [3.8, 4) is 0 Å². The van der Waals surface area contributed by atoms with E-state index in [-0.39, 0.29) is 6.10 Å². The number of hydrogen-bond donors (Lipinski definition) is 1. The molecule has 0 spiro atoms. The number of hydrogen-bond acceptors (Lipinski definition) is 1. The number of aliphatic hydroxyl groups is 1. The molecule has 0 bridgehead atoms. The molecule has 9 heavy (non-hydrogen) atoms. The average Bonchev–Trinajstić information content (AvgIpc) is 1.80. The third-order valence-electron chi connectivity index (χ3n) is 2.15. The van der Waals surface area contributed by atoms with Gasteiger partial charge in [-0.05, 0) is 18.3 Å². The topological polar surface area (TPSA) is 20.2 Å². The second kappa shape index (κ2) is 2.53. The van der Waals surface area contributed by atoms with Crippen LogP contribution in [0, 0.1) is 11.8 Å². The van der Waals surface area contributed by atoms with Crippen LogP contribution < -0.4 is 0 Å². The highest BCUT2D eigenvalue weighted by molar-refractivity contribution is 4.99. The Labute approximate surface area is 56.4 Å². The molecule has 1 heteroatoms. The molecule has 0 aromatic heterocycles. The minimum Gasteiger partial charge on any atom is -0.389 e. The van der Waals surface area contributed by atoms with Crippen molar-refractivity contribution in [1.82, 2.24) is 0 Å². The summed E-state index contributed by atoms with van der Waals surface area (Å²) in [6.07, 6.45) is 4.73. The van der Waals surface area contributed by atoms with E-state index >= 15 is 0 Å². The van der Waals surface area contributed by atoms with E-state index in [1.807, 2.05) is 6.08 Å². The molecule has 1 nitrogen and oxygen atoms in total. The van der Waals surface area contributed by atoms with Crippen LogP contribution in [0.15, 0.2) is 12.2 Å². The SMILES string of the molecule is C[C@@H]1C=C[C@@H](O)C[C@@H]1C. The summed E-state index contributed by atoms with van der Waals surface area (Å²) in [6.45, 7) is 4.37. The summed E-state index contributed by atoms with van der Waals surface area (Å²) < 4.78 is 0. The summed E-state index contributed by atoms with van der Waals surface area (Å²) in [5.41, 5.74) is 0. The van der Waals surface area contributed by atoms with Crippen molar-refractivity contribution in [3.05, 3.63) is 12.2 Å². The molecule has 1 N–H and O–H groups in total. The van der Waals surface area contributed by atoms with Gasteiger partial charge >= 0.3 is 0 Å². The highest BCUT2D eigenvalue weighted by atomic mass is 16.3. The van der Waals surface area contributed by atoms with Gasteiger partial charge in [-0.1, -0.05) is 26.0 Å². The van der Waals surface area contributed by atoms with Gasteiger partial charge in [0, 0.05) is 0 Å². The Morgan fingerprint density at radius 2 is 2.00 bits per heavy atom. The Kier molecular flexibility index (Phi) is 1.91. The molecular weight excluding hydrogens is 112 g/mol. The van der Waals surface area contributed by atoms with Crippen molar-refractivity contribution in [2.45, 2.75) is 26.4 Å². The molecule has 0 heterocycles. The molecule has 0 saturated heterocycles. The second-order valence-electron chi connectivity index (χ2n) is 3.02. The maximum atomic E-state index is 9.11. The number of rotatable bonds is 0. The van der Waals surface area contributed by atoms with E-state index in [4.69, 9.17) is 5.11 Å². The van der Waals surface area contributed by atoms with Gasteiger partial charge in [0.1, 0.15) is 0 Å². The van der Waals surface area contributed by atoms with Crippen LogP contribution in [-0.4, -0.2) is 11.2 Å². The van der Waals surface area contributed by atoms with Gasteiger partial charge in [-0.2, -0.15) is 0 Å². The Bertz CT molecular complexity index is 118. The largest absolute Gasteiger partial charge is 0.389 e. The first kappa shape index (κ1) is 6.81. The van der Waals surface area contributed by atoms with Crippen LogP contribution in [0.5, 0.6) is 0 Å². The maximum absolute atomic E-state index is 9.11. The van der Waals surface area contributed by atoms with E-state index in [0.717, 1.165) is 6.42 Å². The molecule has 52 valence electrons. The van der Waals surface area contributed by atoms with Crippen LogP contribution in [0.1, 0.15) is 20.3 Å². The predicted molar refractivity (Wildman–Crippen MR) is 38.1 cm³/mol. The summed E-state index contributed by atoms with van der Waals surface area (Å²) in [4.78, 5) is 0. The molecular formula is C8H14O. The standard InChI is InChI=1S/C8H14O/c1-6-3-4-8(9)5-7(6)2/h3-4,6-9H,5H2,1-2H3/t6-,7+,8-/m1/s1. The zero-order valence-electron chi connectivity index (χ0n) is 6.04. The minimum atomic E-state index is -0.184. The highest BCUT2D eigenvalue weighted by Gasteiger charge is 2.17. The Morgan fingerprint density at radius 3 is 2.44 bits per heavy atom. The van der Waals surface area contributed by atoms with Crippen molar-refractivity contribution in [2.75, 3.05) is 0 Å². The summed E-state index contributed by atoms with van der Waals surface area (Å²) in [5.74, 6) is 1.29. The fraction of sp³-hybridized carbons (Fsp3) is 0.750.